The number of ether oxygens (including phenoxy) is 3. The highest BCUT2D eigenvalue weighted by atomic mass is 16.5. The molecule has 1 atom stereocenters. The van der Waals surface area contributed by atoms with Crippen LogP contribution in [0.4, 0.5) is 5.69 Å². The van der Waals surface area contributed by atoms with Crippen molar-refractivity contribution < 1.29 is 24.1 Å². The predicted octanol–water partition coefficient (Wildman–Crippen LogP) is 4.49. The first-order chi connectivity index (χ1) is 14.6. The standard InChI is InChI=1S/C24H25NO5/c1-28-21-13-12-18(22(29-2)23(21)30-3)15-20(24(26)27)25-19-11-7-10-17(14-19)16-8-5-4-6-9-16/h4-14,20,25H,15H2,1-3H3,(H,26,27)/t20-/m0/s1. The number of carboxylic acid groups (broad SMARTS) is 1. The first-order valence-electron chi connectivity index (χ1n) is 9.50. The highest BCUT2D eigenvalue weighted by molar-refractivity contribution is 5.79. The van der Waals surface area contributed by atoms with Gasteiger partial charge in [0.25, 0.3) is 0 Å². The number of carboxylic acids is 1. The number of benzene rings is 3. The minimum absolute atomic E-state index is 0.203. The summed E-state index contributed by atoms with van der Waals surface area (Å²) in [4.78, 5) is 12.0. The molecule has 0 saturated heterocycles. The summed E-state index contributed by atoms with van der Waals surface area (Å²) in [5.74, 6) is 0.459. The topological polar surface area (TPSA) is 77.0 Å². The summed E-state index contributed by atoms with van der Waals surface area (Å²) < 4.78 is 16.2. The second-order valence-electron chi connectivity index (χ2n) is 6.68. The van der Waals surface area contributed by atoms with Crippen LogP contribution >= 0.6 is 0 Å². The fourth-order valence-corrected chi connectivity index (χ4v) is 3.36. The van der Waals surface area contributed by atoms with Gasteiger partial charge in [0.1, 0.15) is 6.04 Å². The molecule has 0 aliphatic carbocycles. The zero-order chi connectivity index (χ0) is 21.5. The number of hydrogen-bond acceptors (Lipinski definition) is 5. The molecule has 0 aromatic heterocycles. The number of aliphatic carboxylic acids is 1. The van der Waals surface area contributed by atoms with Gasteiger partial charge in [0.2, 0.25) is 5.75 Å². The lowest BCUT2D eigenvalue weighted by Gasteiger charge is -2.20. The fraction of sp³-hybridized carbons (Fsp3) is 0.208. The lowest BCUT2D eigenvalue weighted by atomic mass is 10.0. The lowest BCUT2D eigenvalue weighted by molar-refractivity contribution is -0.137. The van der Waals surface area contributed by atoms with E-state index < -0.39 is 12.0 Å². The number of nitrogens with one attached hydrogen (secondary N) is 1. The van der Waals surface area contributed by atoms with Crippen LogP contribution < -0.4 is 19.5 Å². The van der Waals surface area contributed by atoms with Crippen LogP contribution in [0.25, 0.3) is 11.1 Å². The highest BCUT2D eigenvalue weighted by Gasteiger charge is 2.23. The van der Waals surface area contributed by atoms with Gasteiger partial charge in [-0.15, -0.1) is 0 Å². The summed E-state index contributed by atoms with van der Waals surface area (Å²) in [6.45, 7) is 0. The van der Waals surface area contributed by atoms with Gasteiger partial charge in [0, 0.05) is 17.7 Å². The van der Waals surface area contributed by atoms with Crippen molar-refractivity contribution in [3.05, 3.63) is 72.3 Å². The van der Waals surface area contributed by atoms with E-state index in [0.717, 1.165) is 16.8 Å². The Morgan fingerprint density at radius 3 is 2.20 bits per heavy atom. The Bertz CT molecular complexity index is 1000. The van der Waals surface area contributed by atoms with Crippen LogP contribution in [-0.2, 0) is 11.2 Å². The molecule has 3 aromatic rings. The molecule has 0 aliphatic rings. The smallest absolute Gasteiger partial charge is 0.326 e. The van der Waals surface area contributed by atoms with Crippen LogP contribution in [0.2, 0.25) is 0 Å². The summed E-state index contributed by atoms with van der Waals surface area (Å²) >= 11 is 0. The van der Waals surface area contributed by atoms with Crippen LogP contribution in [0.15, 0.2) is 66.7 Å². The maximum absolute atomic E-state index is 12.0. The van der Waals surface area contributed by atoms with Gasteiger partial charge in [-0.2, -0.15) is 0 Å². The summed E-state index contributed by atoms with van der Waals surface area (Å²) in [6.07, 6.45) is 0.203. The molecule has 0 heterocycles. The van der Waals surface area contributed by atoms with Crippen molar-refractivity contribution in [1.82, 2.24) is 0 Å². The maximum Gasteiger partial charge on any atom is 0.326 e. The van der Waals surface area contributed by atoms with Crippen molar-refractivity contribution in [2.24, 2.45) is 0 Å². The molecule has 3 aromatic carbocycles. The van der Waals surface area contributed by atoms with Crippen molar-refractivity contribution >= 4 is 11.7 Å². The van der Waals surface area contributed by atoms with Crippen LogP contribution in [0, 0.1) is 0 Å². The van der Waals surface area contributed by atoms with Gasteiger partial charge in [-0.25, -0.2) is 4.79 Å². The number of rotatable bonds is 9. The van der Waals surface area contributed by atoms with Gasteiger partial charge in [-0.1, -0.05) is 48.5 Å². The molecular formula is C24H25NO5. The summed E-state index contributed by atoms with van der Waals surface area (Å²) in [6, 6.07) is 20.3. The molecule has 0 bridgehead atoms. The maximum atomic E-state index is 12.0. The van der Waals surface area contributed by atoms with E-state index in [9.17, 15) is 9.90 Å². The van der Waals surface area contributed by atoms with Gasteiger partial charge in [0.15, 0.2) is 11.5 Å². The monoisotopic (exact) mass is 407 g/mol. The quantitative estimate of drug-likeness (QED) is 0.544. The molecule has 6 nitrogen and oxygen atoms in total. The first-order valence-corrected chi connectivity index (χ1v) is 9.50. The summed E-state index contributed by atoms with van der Waals surface area (Å²) in [5.41, 5.74) is 3.50. The molecular weight excluding hydrogens is 382 g/mol. The van der Waals surface area contributed by atoms with Crippen LogP contribution in [-0.4, -0.2) is 38.4 Å². The van der Waals surface area contributed by atoms with E-state index in [1.807, 2.05) is 54.6 Å². The van der Waals surface area contributed by atoms with Crippen LogP contribution in [0.1, 0.15) is 5.56 Å². The minimum atomic E-state index is -0.961. The average Bonchev–Trinajstić information content (AvgIpc) is 2.78. The molecule has 0 saturated carbocycles. The van der Waals surface area contributed by atoms with Crippen LogP contribution in [0.5, 0.6) is 17.2 Å². The molecule has 0 fully saturated rings. The molecule has 0 aliphatic heterocycles. The molecule has 0 amide bonds. The molecule has 0 spiro atoms. The summed E-state index contributed by atoms with van der Waals surface area (Å²) in [7, 11) is 4.58. The molecule has 6 heteroatoms. The second kappa shape index (κ2) is 9.69. The van der Waals surface area contributed by atoms with E-state index in [1.54, 1.807) is 12.1 Å². The van der Waals surface area contributed by atoms with E-state index >= 15 is 0 Å². The van der Waals surface area contributed by atoms with Gasteiger partial charge in [0.05, 0.1) is 21.3 Å². The van der Waals surface area contributed by atoms with Crippen molar-refractivity contribution in [2.45, 2.75) is 12.5 Å². The Morgan fingerprint density at radius 1 is 0.867 bits per heavy atom. The Balaban J connectivity index is 1.87. The normalized spacial score (nSPS) is 11.4. The van der Waals surface area contributed by atoms with Crippen molar-refractivity contribution in [1.29, 1.82) is 0 Å². The molecule has 0 unspecified atom stereocenters. The van der Waals surface area contributed by atoms with Gasteiger partial charge < -0.3 is 24.6 Å². The molecule has 30 heavy (non-hydrogen) atoms. The number of methoxy groups -OCH3 is 3. The average molecular weight is 407 g/mol. The number of anilines is 1. The summed E-state index contributed by atoms with van der Waals surface area (Å²) in [5, 5.41) is 12.9. The van der Waals surface area contributed by atoms with Crippen molar-refractivity contribution in [3.8, 4) is 28.4 Å². The lowest BCUT2D eigenvalue weighted by Crippen LogP contribution is -2.31. The van der Waals surface area contributed by atoms with Gasteiger partial charge in [-0.05, 0) is 29.3 Å². The van der Waals surface area contributed by atoms with E-state index in [1.165, 1.54) is 21.3 Å². The predicted molar refractivity (Wildman–Crippen MR) is 117 cm³/mol. The fourth-order valence-electron chi connectivity index (χ4n) is 3.36. The molecule has 156 valence electrons. The Kier molecular flexibility index (Phi) is 6.80. The highest BCUT2D eigenvalue weighted by Crippen LogP contribution is 2.40. The van der Waals surface area contributed by atoms with E-state index in [2.05, 4.69) is 5.32 Å². The second-order valence-corrected chi connectivity index (χ2v) is 6.68. The Morgan fingerprint density at radius 2 is 1.57 bits per heavy atom. The largest absolute Gasteiger partial charge is 0.493 e. The third-order valence-electron chi connectivity index (χ3n) is 4.82. The van der Waals surface area contributed by atoms with Gasteiger partial charge >= 0.3 is 5.97 Å². The van der Waals surface area contributed by atoms with Gasteiger partial charge in [-0.3, -0.25) is 0 Å². The van der Waals surface area contributed by atoms with E-state index in [4.69, 9.17) is 14.2 Å². The van der Waals surface area contributed by atoms with Crippen LogP contribution in [0.3, 0.4) is 0 Å². The minimum Gasteiger partial charge on any atom is -0.493 e. The van der Waals surface area contributed by atoms with Crippen molar-refractivity contribution in [2.75, 3.05) is 26.6 Å². The molecule has 2 N–H and O–H groups in total. The molecule has 0 radical (unpaired) electrons. The zero-order valence-corrected chi connectivity index (χ0v) is 17.2. The third kappa shape index (κ3) is 4.66. The van der Waals surface area contributed by atoms with E-state index in [0.29, 0.717) is 22.8 Å². The zero-order valence-electron chi connectivity index (χ0n) is 17.2. The third-order valence-corrected chi connectivity index (χ3v) is 4.82. The first kappa shape index (κ1) is 21.0. The Hall–Kier alpha value is -3.67. The SMILES string of the molecule is COc1ccc(C[C@H](Nc2cccc(-c3ccccc3)c2)C(=O)O)c(OC)c1OC. The number of hydrogen-bond donors (Lipinski definition) is 2. The number of carbonyl (C=O) groups is 1. The Labute approximate surface area is 176 Å². The van der Waals surface area contributed by atoms with E-state index in [-0.39, 0.29) is 6.42 Å². The molecule has 3 rings (SSSR count). The van der Waals surface area contributed by atoms with Crippen molar-refractivity contribution in [3.63, 3.8) is 0 Å².